The summed E-state index contributed by atoms with van der Waals surface area (Å²) in [4.78, 5) is 9.05. The second-order valence-corrected chi connectivity index (χ2v) is 4.07. The number of rotatable bonds is 2. The smallest absolute Gasteiger partial charge is 0.207 e. The number of aliphatic hydroxyl groups is 2. The van der Waals surface area contributed by atoms with Gasteiger partial charge in [0.15, 0.2) is 17.6 Å². The molecule has 0 aromatic carbocycles. The first-order chi connectivity index (χ1) is 8.69. The largest absolute Gasteiger partial charge is 0.394 e. The van der Waals surface area contributed by atoms with Crippen LogP contribution >= 0.6 is 0 Å². The summed E-state index contributed by atoms with van der Waals surface area (Å²) in [6, 6.07) is 0. The van der Waals surface area contributed by atoms with Gasteiger partial charge in [0, 0.05) is 6.42 Å². The van der Waals surface area contributed by atoms with Crippen molar-refractivity contribution in [3.8, 4) is 0 Å². The van der Waals surface area contributed by atoms with Gasteiger partial charge in [-0.2, -0.15) is 4.80 Å². The Hall–Kier alpha value is -1.84. The molecule has 0 saturated carbocycles. The summed E-state index contributed by atoms with van der Waals surface area (Å²) in [6.07, 6.45) is -0.284. The van der Waals surface area contributed by atoms with Crippen molar-refractivity contribution in [2.45, 2.75) is 24.9 Å². The molecule has 9 heteroatoms. The predicted molar refractivity (Wildman–Crippen MR) is 59.2 cm³/mol. The zero-order valence-electron chi connectivity index (χ0n) is 9.34. The number of nitrogens with zero attached hydrogens (tertiary/aromatic N) is 5. The van der Waals surface area contributed by atoms with Crippen LogP contribution in [0.5, 0.6) is 0 Å². The van der Waals surface area contributed by atoms with Gasteiger partial charge in [0.1, 0.15) is 12.4 Å². The van der Waals surface area contributed by atoms with Crippen LogP contribution in [0.4, 0.5) is 5.82 Å². The molecular formula is C9H12N6O3. The first-order valence-corrected chi connectivity index (χ1v) is 5.46. The summed E-state index contributed by atoms with van der Waals surface area (Å²) in [5, 5.41) is 26.9. The highest BCUT2D eigenvalue weighted by molar-refractivity contribution is 5.79. The van der Waals surface area contributed by atoms with E-state index in [9.17, 15) is 5.11 Å². The van der Waals surface area contributed by atoms with Crippen LogP contribution < -0.4 is 5.73 Å². The van der Waals surface area contributed by atoms with Gasteiger partial charge >= 0.3 is 0 Å². The van der Waals surface area contributed by atoms with E-state index in [2.05, 4.69) is 20.2 Å². The predicted octanol–water partition coefficient (Wildman–Crippen LogP) is -1.56. The van der Waals surface area contributed by atoms with Crippen LogP contribution in [0.3, 0.4) is 0 Å². The number of hydrogen-bond donors (Lipinski definition) is 3. The molecule has 2 aromatic rings. The van der Waals surface area contributed by atoms with Gasteiger partial charge in [-0.05, 0) is 0 Å². The third-order valence-electron chi connectivity index (χ3n) is 2.87. The number of ether oxygens (including phenoxy) is 1. The molecule has 1 saturated heterocycles. The second-order valence-electron chi connectivity index (χ2n) is 4.07. The molecule has 3 heterocycles. The molecule has 0 amide bonds. The fourth-order valence-electron chi connectivity index (χ4n) is 1.92. The number of fused-ring (bicyclic) bond motifs is 1. The van der Waals surface area contributed by atoms with Crippen LogP contribution in [-0.2, 0) is 4.74 Å². The molecule has 3 atom stereocenters. The number of nitrogen functional groups attached to an aromatic ring is 1. The van der Waals surface area contributed by atoms with E-state index in [-0.39, 0.29) is 12.4 Å². The first kappa shape index (κ1) is 11.3. The fourth-order valence-corrected chi connectivity index (χ4v) is 1.92. The number of aromatic nitrogens is 5. The monoisotopic (exact) mass is 252 g/mol. The molecule has 0 radical (unpaired) electrons. The molecule has 1 aliphatic rings. The lowest BCUT2D eigenvalue weighted by Gasteiger charge is -2.10. The summed E-state index contributed by atoms with van der Waals surface area (Å²) in [5.41, 5.74) is 6.41. The van der Waals surface area contributed by atoms with Gasteiger partial charge in [-0.1, -0.05) is 0 Å². The van der Waals surface area contributed by atoms with Crippen LogP contribution in [0.2, 0.25) is 0 Å². The Kier molecular flexibility index (Phi) is 2.58. The molecule has 0 spiro atoms. The topological polar surface area (TPSA) is 132 Å². The number of nitrogens with two attached hydrogens (primary N) is 1. The summed E-state index contributed by atoms with van der Waals surface area (Å²) in [5.74, 6) is 0.239. The van der Waals surface area contributed by atoms with Gasteiger partial charge in [-0.25, -0.2) is 9.97 Å². The van der Waals surface area contributed by atoms with E-state index in [4.69, 9.17) is 15.6 Å². The molecule has 0 bridgehead atoms. The lowest BCUT2D eigenvalue weighted by atomic mass is 10.2. The minimum Gasteiger partial charge on any atom is -0.394 e. The Labute approximate surface area is 101 Å². The van der Waals surface area contributed by atoms with Crippen molar-refractivity contribution in [1.82, 2.24) is 25.0 Å². The molecule has 1 aliphatic heterocycles. The summed E-state index contributed by atoms with van der Waals surface area (Å²) in [7, 11) is 0. The van der Waals surface area contributed by atoms with Crippen LogP contribution in [0.1, 0.15) is 12.6 Å². The Balaban J connectivity index is 1.94. The Morgan fingerprint density at radius 3 is 2.94 bits per heavy atom. The Bertz CT molecular complexity index is 572. The van der Waals surface area contributed by atoms with Gasteiger partial charge < -0.3 is 20.7 Å². The molecule has 0 aliphatic carbocycles. The molecule has 4 N–H and O–H groups in total. The maximum absolute atomic E-state index is 9.64. The fraction of sp³-hybridized carbons (Fsp3) is 0.556. The summed E-state index contributed by atoms with van der Waals surface area (Å²) < 4.78 is 5.43. The summed E-state index contributed by atoms with van der Waals surface area (Å²) >= 11 is 0. The van der Waals surface area contributed by atoms with Crippen molar-refractivity contribution in [2.24, 2.45) is 0 Å². The van der Waals surface area contributed by atoms with Gasteiger partial charge in [0.05, 0.1) is 12.7 Å². The van der Waals surface area contributed by atoms with Crippen LogP contribution in [0, 0.1) is 0 Å². The second kappa shape index (κ2) is 4.12. The van der Waals surface area contributed by atoms with Gasteiger partial charge in [-0.15, -0.1) is 10.2 Å². The molecular weight excluding hydrogens is 240 g/mol. The van der Waals surface area contributed by atoms with E-state index in [0.717, 1.165) is 0 Å². The average Bonchev–Trinajstić information content (AvgIpc) is 2.93. The van der Waals surface area contributed by atoms with E-state index in [1.54, 1.807) is 0 Å². The maximum Gasteiger partial charge on any atom is 0.207 e. The average molecular weight is 252 g/mol. The number of anilines is 1. The highest BCUT2D eigenvalue weighted by Gasteiger charge is 2.35. The van der Waals surface area contributed by atoms with Crippen molar-refractivity contribution in [2.75, 3.05) is 12.3 Å². The van der Waals surface area contributed by atoms with Crippen molar-refractivity contribution in [1.29, 1.82) is 0 Å². The standard InChI is InChI=1S/C9H12N6O3/c10-8-7-9(12-3-11-8)14-15(13-7)6-1-4(17)5(2-16)18-6/h3-6,16-17H,1-2H2,(H2,10,11,12,14)/t4-,5+,6+/m0/s1. The van der Waals surface area contributed by atoms with Crippen molar-refractivity contribution in [3.05, 3.63) is 6.33 Å². The molecule has 1 fully saturated rings. The first-order valence-electron chi connectivity index (χ1n) is 5.46. The van der Waals surface area contributed by atoms with Gasteiger partial charge in [-0.3, -0.25) is 0 Å². The van der Waals surface area contributed by atoms with Crippen LogP contribution in [0.15, 0.2) is 6.33 Å². The molecule has 3 rings (SSSR count). The molecule has 0 unspecified atom stereocenters. The van der Waals surface area contributed by atoms with E-state index in [1.165, 1.54) is 11.1 Å². The van der Waals surface area contributed by atoms with Crippen molar-refractivity contribution < 1.29 is 14.9 Å². The van der Waals surface area contributed by atoms with Crippen LogP contribution in [-0.4, -0.2) is 54.0 Å². The normalized spacial score (nSPS) is 28.0. The molecule has 18 heavy (non-hydrogen) atoms. The van der Waals surface area contributed by atoms with Gasteiger partial charge in [0.2, 0.25) is 5.65 Å². The minimum atomic E-state index is -0.738. The highest BCUT2D eigenvalue weighted by Crippen LogP contribution is 2.28. The Morgan fingerprint density at radius 2 is 2.28 bits per heavy atom. The van der Waals surface area contributed by atoms with Gasteiger partial charge in [0.25, 0.3) is 0 Å². The number of aliphatic hydroxyl groups excluding tert-OH is 2. The maximum atomic E-state index is 9.64. The van der Waals surface area contributed by atoms with Crippen molar-refractivity contribution >= 4 is 17.0 Å². The lowest BCUT2D eigenvalue weighted by Crippen LogP contribution is -2.24. The van der Waals surface area contributed by atoms with E-state index < -0.39 is 18.4 Å². The quantitative estimate of drug-likeness (QED) is 0.584. The third-order valence-corrected chi connectivity index (χ3v) is 2.87. The third kappa shape index (κ3) is 1.68. The molecule has 2 aromatic heterocycles. The SMILES string of the molecule is Nc1ncnc2nn([C@H]3C[C@H](O)[C@@H](CO)O3)nc12. The summed E-state index contributed by atoms with van der Waals surface area (Å²) in [6.45, 7) is -0.250. The van der Waals surface area contributed by atoms with Crippen LogP contribution in [0.25, 0.3) is 11.2 Å². The van der Waals surface area contributed by atoms with E-state index in [1.807, 2.05) is 0 Å². The van der Waals surface area contributed by atoms with E-state index in [0.29, 0.717) is 17.6 Å². The van der Waals surface area contributed by atoms with E-state index >= 15 is 0 Å². The molecule has 96 valence electrons. The molecule has 9 nitrogen and oxygen atoms in total. The minimum absolute atomic E-state index is 0.239. The zero-order valence-corrected chi connectivity index (χ0v) is 9.34. The zero-order chi connectivity index (χ0) is 12.7. The van der Waals surface area contributed by atoms with Crippen molar-refractivity contribution in [3.63, 3.8) is 0 Å². The Morgan fingerprint density at radius 1 is 1.44 bits per heavy atom. The lowest BCUT2D eigenvalue weighted by molar-refractivity contribution is -0.0529. The number of hydrogen-bond acceptors (Lipinski definition) is 8. The highest BCUT2D eigenvalue weighted by atomic mass is 16.5.